The van der Waals surface area contributed by atoms with Gasteiger partial charge < -0.3 is 14.8 Å². The Morgan fingerprint density at radius 2 is 1.86 bits per heavy atom. The molecule has 2 rings (SSSR count). The van der Waals surface area contributed by atoms with Crippen molar-refractivity contribution in [2.24, 2.45) is 0 Å². The zero-order chi connectivity index (χ0) is 15.1. The summed E-state index contributed by atoms with van der Waals surface area (Å²) in [6.07, 6.45) is 1.55. The predicted molar refractivity (Wildman–Crippen MR) is 81.0 cm³/mol. The molecular formula is C15H15ClN2O3. The van der Waals surface area contributed by atoms with Crippen LogP contribution in [-0.2, 0) is 4.79 Å². The predicted octanol–water partition coefficient (Wildman–Crippen LogP) is 3.15. The molecule has 6 heteroatoms. The van der Waals surface area contributed by atoms with Crippen molar-refractivity contribution < 1.29 is 14.3 Å². The lowest BCUT2D eigenvalue weighted by atomic mass is 10.3. The Morgan fingerprint density at radius 3 is 2.48 bits per heavy atom. The molecule has 1 aromatic carbocycles. The number of amides is 1. The fraction of sp³-hybridized carbons (Fsp3) is 0.200. The first-order chi connectivity index (χ1) is 10.2. The third kappa shape index (κ3) is 4.65. The van der Waals surface area contributed by atoms with Gasteiger partial charge in [0.15, 0.2) is 11.8 Å². The number of aromatic nitrogens is 1. The molecule has 0 atom stereocenters. The molecule has 1 aromatic heterocycles. The summed E-state index contributed by atoms with van der Waals surface area (Å²) in [6, 6.07) is 10.4. The van der Waals surface area contributed by atoms with E-state index >= 15 is 0 Å². The molecule has 5 nitrogen and oxygen atoms in total. The van der Waals surface area contributed by atoms with E-state index in [0.717, 1.165) is 5.75 Å². The van der Waals surface area contributed by atoms with Gasteiger partial charge in [0, 0.05) is 6.20 Å². The van der Waals surface area contributed by atoms with Gasteiger partial charge in [0.1, 0.15) is 11.5 Å². The molecule has 1 heterocycles. The maximum atomic E-state index is 11.8. The number of hydrogen-bond acceptors (Lipinski definition) is 4. The number of halogens is 1. The molecule has 0 aliphatic heterocycles. The highest BCUT2D eigenvalue weighted by molar-refractivity contribution is 6.32. The summed E-state index contributed by atoms with van der Waals surface area (Å²) in [6.45, 7) is 2.41. The smallest absolute Gasteiger partial charge is 0.262 e. The summed E-state index contributed by atoms with van der Waals surface area (Å²) >= 11 is 5.85. The molecule has 1 N–H and O–H groups in total. The summed E-state index contributed by atoms with van der Waals surface area (Å²) in [5, 5.41) is 2.87. The van der Waals surface area contributed by atoms with Crippen molar-refractivity contribution in [3.8, 4) is 11.5 Å². The van der Waals surface area contributed by atoms with E-state index in [0.29, 0.717) is 18.0 Å². The molecule has 110 valence electrons. The van der Waals surface area contributed by atoms with E-state index < -0.39 is 0 Å². The second-order valence-electron chi connectivity index (χ2n) is 4.08. The Balaban J connectivity index is 1.85. The van der Waals surface area contributed by atoms with Crippen LogP contribution < -0.4 is 14.8 Å². The van der Waals surface area contributed by atoms with Crippen LogP contribution in [-0.4, -0.2) is 24.1 Å². The lowest BCUT2D eigenvalue weighted by Gasteiger charge is -2.09. The van der Waals surface area contributed by atoms with Crippen LogP contribution in [0.5, 0.6) is 11.5 Å². The molecule has 0 bridgehead atoms. The first-order valence-corrected chi connectivity index (χ1v) is 6.83. The maximum Gasteiger partial charge on any atom is 0.262 e. The van der Waals surface area contributed by atoms with Crippen molar-refractivity contribution in [1.29, 1.82) is 0 Å². The number of benzene rings is 1. The first kappa shape index (κ1) is 15.1. The molecular weight excluding hydrogens is 292 g/mol. The Hall–Kier alpha value is -2.27. The molecule has 0 saturated heterocycles. The first-order valence-electron chi connectivity index (χ1n) is 6.45. The zero-order valence-electron chi connectivity index (χ0n) is 11.5. The maximum absolute atomic E-state index is 11.8. The van der Waals surface area contributed by atoms with Gasteiger partial charge >= 0.3 is 0 Å². The summed E-state index contributed by atoms with van der Waals surface area (Å²) < 4.78 is 10.7. The number of hydrogen-bond donors (Lipinski definition) is 1. The van der Waals surface area contributed by atoms with Gasteiger partial charge in [0.25, 0.3) is 5.91 Å². The summed E-state index contributed by atoms with van der Waals surface area (Å²) in [5.74, 6) is 1.04. The molecule has 1 amide bonds. The van der Waals surface area contributed by atoms with Crippen LogP contribution in [0.25, 0.3) is 0 Å². The van der Waals surface area contributed by atoms with E-state index in [9.17, 15) is 4.79 Å². The van der Waals surface area contributed by atoms with Gasteiger partial charge in [-0.1, -0.05) is 11.6 Å². The van der Waals surface area contributed by atoms with Crippen LogP contribution in [0.2, 0.25) is 5.15 Å². The SMILES string of the molecule is CCOc1ccc(OCC(=O)Nc2cccnc2Cl)cc1. The fourth-order valence-corrected chi connectivity index (χ4v) is 1.78. The van der Waals surface area contributed by atoms with Gasteiger partial charge in [-0.15, -0.1) is 0 Å². The Bertz CT molecular complexity index is 602. The Kier molecular flexibility index (Phi) is 5.40. The van der Waals surface area contributed by atoms with Crippen LogP contribution >= 0.6 is 11.6 Å². The topological polar surface area (TPSA) is 60.5 Å². The molecule has 2 aromatic rings. The van der Waals surface area contributed by atoms with E-state index in [4.69, 9.17) is 21.1 Å². The second kappa shape index (κ2) is 7.50. The second-order valence-corrected chi connectivity index (χ2v) is 4.44. The summed E-state index contributed by atoms with van der Waals surface area (Å²) in [7, 11) is 0. The summed E-state index contributed by atoms with van der Waals surface area (Å²) in [5.41, 5.74) is 0.458. The quantitative estimate of drug-likeness (QED) is 0.833. The number of carbonyl (C=O) groups excluding carboxylic acids is 1. The lowest BCUT2D eigenvalue weighted by molar-refractivity contribution is -0.118. The van der Waals surface area contributed by atoms with Crippen molar-refractivity contribution in [2.75, 3.05) is 18.5 Å². The van der Waals surface area contributed by atoms with Crippen LogP contribution in [0, 0.1) is 0 Å². The number of ether oxygens (including phenoxy) is 2. The number of anilines is 1. The number of carbonyl (C=O) groups is 1. The van der Waals surface area contributed by atoms with E-state index in [2.05, 4.69) is 10.3 Å². The number of pyridine rings is 1. The minimum Gasteiger partial charge on any atom is -0.494 e. The third-order valence-corrected chi connectivity index (χ3v) is 2.84. The van der Waals surface area contributed by atoms with E-state index in [-0.39, 0.29) is 17.7 Å². The van der Waals surface area contributed by atoms with Crippen molar-refractivity contribution in [3.05, 3.63) is 47.7 Å². The van der Waals surface area contributed by atoms with Crippen molar-refractivity contribution in [3.63, 3.8) is 0 Å². The highest BCUT2D eigenvalue weighted by Gasteiger charge is 2.07. The van der Waals surface area contributed by atoms with Gasteiger partial charge in [-0.2, -0.15) is 0 Å². The van der Waals surface area contributed by atoms with Crippen LogP contribution in [0.4, 0.5) is 5.69 Å². The third-order valence-electron chi connectivity index (χ3n) is 2.54. The van der Waals surface area contributed by atoms with Gasteiger partial charge in [-0.05, 0) is 43.3 Å². The van der Waals surface area contributed by atoms with Crippen molar-refractivity contribution in [2.45, 2.75) is 6.92 Å². The highest BCUT2D eigenvalue weighted by atomic mass is 35.5. The van der Waals surface area contributed by atoms with Gasteiger partial charge in [0.05, 0.1) is 12.3 Å². The van der Waals surface area contributed by atoms with Gasteiger partial charge in [0.2, 0.25) is 0 Å². The molecule has 0 aliphatic rings. The van der Waals surface area contributed by atoms with E-state index in [1.807, 2.05) is 6.92 Å². The monoisotopic (exact) mass is 306 g/mol. The molecule has 0 unspecified atom stereocenters. The summed E-state index contributed by atoms with van der Waals surface area (Å²) in [4.78, 5) is 15.6. The molecule has 0 spiro atoms. The van der Waals surface area contributed by atoms with Gasteiger partial charge in [-0.3, -0.25) is 4.79 Å². The largest absolute Gasteiger partial charge is 0.494 e. The van der Waals surface area contributed by atoms with Crippen molar-refractivity contribution >= 4 is 23.2 Å². The van der Waals surface area contributed by atoms with Crippen LogP contribution in [0.1, 0.15) is 6.92 Å². The minimum absolute atomic E-state index is 0.112. The van der Waals surface area contributed by atoms with E-state index in [1.54, 1.807) is 42.6 Å². The Labute approximate surface area is 127 Å². The highest BCUT2D eigenvalue weighted by Crippen LogP contribution is 2.19. The normalized spacial score (nSPS) is 10.0. The molecule has 21 heavy (non-hydrogen) atoms. The molecule has 0 fully saturated rings. The average molecular weight is 307 g/mol. The number of nitrogens with zero attached hydrogens (tertiary/aromatic N) is 1. The fourth-order valence-electron chi connectivity index (χ4n) is 1.61. The lowest BCUT2D eigenvalue weighted by Crippen LogP contribution is -2.20. The van der Waals surface area contributed by atoms with Crippen LogP contribution in [0.15, 0.2) is 42.6 Å². The minimum atomic E-state index is -0.307. The van der Waals surface area contributed by atoms with E-state index in [1.165, 1.54) is 0 Å². The van der Waals surface area contributed by atoms with Crippen LogP contribution in [0.3, 0.4) is 0 Å². The molecule has 0 radical (unpaired) electrons. The standard InChI is InChI=1S/C15H15ClN2O3/c1-2-20-11-5-7-12(8-6-11)21-10-14(19)18-13-4-3-9-17-15(13)16/h3-9H,2,10H2,1H3,(H,18,19). The number of rotatable bonds is 6. The molecule has 0 saturated carbocycles. The molecule has 0 aliphatic carbocycles. The zero-order valence-corrected chi connectivity index (χ0v) is 12.3. The van der Waals surface area contributed by atoms with Gasteiger partial charge in [-0.25, -0.2) is 4.98 Å². The Morgan fingerprint density at radius 1 is 1.19 bits per heavy atom. The number of nitrogens with one attached hydrogen (secondary N) is 1. The van der Waals surface area contributed by atoms with Crippen molar-refractivity contribution in [1.82, 2.24) is 4.98 Å². The average Bonchev–Trinajstić information content (AvgIpc) is 2.49.